The number of nitrogens with two attached hydrogens (primary N) is 1. The smallest absolute Gasteiger partial charge is 0.380 e. The van der Waals surface area contributed by atoms with Crippen molar-refractivity contribution in [3.63, 3.8) is 0 Å². The minimum absolute atomic E-state index is 0.0726. The Morgan fingerprint density at radius 1 is 1.31 bits per heavy atom. The SMILES string of the molecule is CCOCC(N)c1ccccc1C(F)(F)F. The Morgan fingerprint density at radius 3 is 2.50 bits per heavy atom. The lowest BCUT2D eigenvalue weighted by atomic mass is 10.0. The van der Waals surface area contributed by atoms with Gasteiger partial charge in [0.1, 0.15) is 0 Å². The van der Waals surface area contributed by atoms with Crippen molar-refractivity contribution in [1.29, 1.82) is 0 Å². The summed E-state index contributed by atoms with van der Waals surface area (Å²) in [6.07, 6.45) is -4.37. The molecule has 0 fully saturated rings. The Balaban J connectivity index is 2.94. The quantitative estimate of drug-likeness (QED) is 0.867. The summed E-state index contributed by atoms with van der Waals surface area (Å²) in [7, 11) is 0. The molecule has 1 aromatic rings. The first kappa shape index (κ1) is 13.0. The molecule has 0 aromatic heterocycles. The van der Waals surface area contributed by atoms with Gasteiger partial charge in [-0.3, -0.25) is 0 Å². The zero-order valence-electron chi connectivity index (χ0n) is 8.92. The van der Waals surface area contributed by atoms with Gasteiger partial charge in [0.15, 0.2) is 0 Å². The van der Waals surface area contributed by atoms with E-state index in [0.29, 0.717) is 6.61 Å². The van der Waals surface area contributed by atoms with Crippen molar-refractivity contribution in [3.8, 4) is 0 Å². The Hall–Kier alpha value is -1.07. The Kier molecular flexibility index (Phi) is 4.32. The fourth-order valence-electron chi connectivity index (χ4n) is 1.41. The maximum Gasteiger partial charge on any atom is 0.416 e. The van der Waals surface area contributed by atoms with Gasteiger partial charge in [-0.25, -0.2) is 0 Å². The zero-order valence-corrected chi connectivity index (χ0v) is 8.92. The summed E-state index contributed by atoms with van der Waals surface area (Å²) in [5.41, 5.74) is 5.03. The third-order valence-electron chi connectivity index (χ3n) is 2.17. The highest BCUT2D eigenvalue weighted by Gasteiger charge is 2.34. The van der Waals surface area contributed by atoms with Gasteiger partial charge < -0.3 is 10.5 Å². The molecule has 1 aromatic carbocycles. The lowest BCUT2D eigenvalue weighted by Crippen LogP contribution is -2.21. The largest absolute Gasteiger partial charge is 0.416 e. The summed E-state index contributed by atoms with van der Waals surface area (Å²) in [6, 6.07) is 4.54. The van der Waals surface area contributed by atoms with E-state index in [2.05, 4.69) is 0 Å². The second-order valence-electron chi connectivity index (χ2n) is 3.35. The number of hydrogen-bond acceptors (Lipinski definition) is 2. The first-order valence-corrected chi connectivity index (χ1v) is 4.96. The van der Waals surface area contributed by atoms with Gasteiger partial charge in [0.05, 0.1) is 18.2 Å². The Bertz CT molecular complexity index is 338. The van der Waals surface area contributed by atoms with Gasteiger partial charge >= 0.3 is 6.18 Å². The first-order valence-electron chi connectivity index (χ1n) is 4.96. The van der Waals surface area contributed by atoms with Crippen LogP contribution in [-0.4, -0.2) is 13.2 Å². The molecular weight excluding hydrogens is 219 g/mol. The van der Waals surface area contributed by atoms with Crippen molar-refractivity contribution in [2.45, 2.75) is 19.1 Å². The second kappa shape index (κ2) is 5.32. The van der Waals surface area contributed by atoms with Crippen LogP contribution >= 0.6 is 0 Å². The molecule has 1 atom stereocenters. The zero-order chi connectivity index (χ0) is 12.2. The molecule has 90 valence electrons. The molecule has 0 aliphatic carbocycles. The van der Waals surface area contributed by atoms with Gasteiger partial charge in [-0.05, 0) is 18.6 Å². The molecule has 0 saturated heterocycles. The average Bonchev–Trinajstić information content (AvgIpc) is 2.24. The van der Waals surface area contributed by atoms with Crippen LogP contribution in [0.25, 0.3) is 0 Å². The molecule has 0 saturated carbocycles. The molecule has 0 heterocycles. The number of hydrogen-bond donors (Lipinski definition) is 1. The average molecular weight is 233 g/mol. The van der Waals surface area contributed by atoms with Crippen LogP contribution in [0.1, 0.15) is 24.1 Å². The number of ether oxygens (including phenoxy) is 1. The minimum Gasteiger partial charge on any atom is -0.380 e. The van der Waals surface area contributed by atoms with Crippen LogP contribution in [0, 0.1) is 0 Å². The maximum atomic E-state index is 12.6. The minimum atomic E-state index is -4.37. The summed E-state index contributed by atoms with van der Waals surface area (Å²) in [6.45, 7) is 2.29. The number of alkyl halides is 3. The highest BCUT2D eigenvalue weighted by molar-refractivity contribution is 5.32. The van der Waals surface area contributed by atoms with Gasteiger partial charge in [0.25, 0.3) is 0 Å². The predicted molar refractivity (Wildman–Crippen MR) is 54.9 cm³/mol. The molecule has 0 aliphatic rings. The van der Waals surface area contributed by atoms with Gasteiger partial charge in [-0.15, -0.1) is 0 Å². The molecule has 5 heteroatoms. The molecule has 0 aliphatic heterocycles. The Labute approximate surface area is 92.2 Å². The summed E-state index contributed by atoms with van der Waals surface area (Å²) < 4.78 is 42.9. The molecule has 0 amide bonds. The van der Waals surface area contributed by atoms with Gasteiger partial charge in [0.2, 0.25) is 0 Å². The van der Waals surface area contributed by atoms with Crippen LogP contribution < -0.4 is 5.73 Å². The fourth-order valence-corrected chi connectivity index (χ4v) is 1.41. The number of benzene rings is 1. The van der Waals surface area contributed by atoms with E-state index in [4.69, 9.17) is 10.5 Å². The molecule has 2 N–H and O–H groups in total. The van der Waals surface area contributed by atoms with Crippen LogP contribution in [-0.2, 0) is 10.9 Å². The lowest BCUT2D eigenvalue weighted by molar-refractivity contribution is -0.138. The fraction of sp³-hybridized carbons (Fsp3) is 0.455. The summed E-state index contributed by atoms with van der Waals surface area (Å²) in [4.78, 5) is 0. The topological polar surface area (TPSA) is 35.2 Å². The summed E-state index contributed by atoms with van der Waals surface area (Å²) >= 11 is 0. The van der Waals surface area contributed by atoms with Gasteiger partial charge in [0, 0.05) is 6.61 Å². The molecule has 1 unspecified atom stereocenters. The molecule has 2 nitrogen and oxygen atoms in total. The van der Waals surface area contributed by atoms with E-state index in [1.165, 1.54) is 18.2 Å². The van der Waals surface area contributed by atoms with Gasteiger partial charge in [-0.2, -0.15) is 13.2 Å². The second-order valence-corrected chi connectivity index (χ2v) is 3.35. The number of halogens is 3. The van der Waals surface area contributed by atoms with Crippen molar-refractivity contribution >= 4 is 0 Å². The van der Waals surface area contributed by atoms with E-state index in [9.17, 15) is 13.2 Å². The van der Waals surface area contributed by atoms with Crippen LogP contribution in [0.4, 0.5) is 13.2 Å². The van der Waals surface area contributed by atoms with Crippen molar-refractivity contribution in [1.82, 2.24) is 0 Å². The Morgan fingerprint density at radius 2 is 1.94 bits per heavy atom. The molecule has 0 spiro atoms. The monoisotopic (exact) mass is 233 g/mol. The molecular formula is C11H14F3NO. The molecule has 0 radical (unpaired) electrons. The normalized spacial score (nSPS) is 13.8. The van der Waals surface area contributed by atoms with E-state index in [-0.39, 0.29) is 12.2 Å². The van der Waals surface area contributed by atoms with Crippen LogP contribution in [0.15, 0.2) is 24.3 Å². The van der Waals surface area contributed by atoms with Crippen molar-refractivity contribution < 1.29 is 17.9 Å². The third-order valence-corrected chi connectivity index (χ3v) is 2.17. The van der Waals surface area contributed by atoms with E-state index in [0.717, 1.165) is 6.07 Å². The van der Waals surface area contributed by atoms with E-state index >= 15 is 0 Å². The van der Waals surface area contributed by atoms with Crippen molar-refractivity contribution in [2.75, 3.05) is 13.2 Å². The predicted octanol–water partition coefficient (Wildman–Crippen LogP) is 2.74. The van der Waals surface area contributed by atoms with E-state index in [1.54, 1.807) is 6.92 Å². The number of rotatable bonds is 4. The van der Waals surface area contributed by atoms with Crippen molar-refractivity contribution in [2.24, 2.45) is 5.73 Å². The molecule has 0 bridgehead atoms. The standard InChI is InChI=1S/C11H14F3NO/c1-2-16-7-10(15)8-5-3-4-6-9(8)11(12,13)14/h3-6,10H,2,7,15H2,1H3. The van der Waals surface area contributed by atoms with Crippen LogP contribution in [0.3, 0.4) is 0 Å². The summed E-state index contributed by atoms with van der Waals surface area (Å²) in [5.74, 6) is 0. The van der Waals surface area contributed by atoms with E-state index < -0.39 is 17.8 Å². The molecule has 16 heavy (non-hydrogen) atoms. The summed E-state index contributed by atoms with van der Waals surface area (Å²) in [5, 5.41) is 0. The third kappa shape index (κ3) is 3.21. The van der Waals surface area contributed by atoms with Crippen molar-refractivity contribution in [3.05, 3.63) is 35.4 Å². The first-order chi connectivity index (χ1) is 7.46. The molecule has 1 rings (SSSR count). The highest BCUT2D eigenvalue weighted by Crippen LogP contribution is 2.33. The van der Waals surface area contributed by atoms with E-state index in [1.807, 2.05) is 0 Å². The lowest BCUT2D eigenvalue weighted by Gasteiger charge is -2.17. The van der Waals surface area contributed by atoms with Crippen LogP contribution in [0.2, 0.25) is 0 Å². The van der Waals surface area contributed by atoms with Gasteiger partial charge in [-0.1, -0.05) is 18.2 Å². The maximum absolute atomic E-state index is 12.6. The van der Waals surface area contributed by atoms with Crippen LogP contribution in [0.5, 0.6) is 0 Å². The highest BCUT2D eigenvalue weighted by atomic mass is 19.4.